The van der Waals surface area contributed by atoms with Crippen LogP contribution in [0.1, 0.15) is 52.1 Å². The predicted molar refractivity (Wildman–Crippen MR) is 88.7 cm³/mol. The van der Waals surface area contributed by atoms with E-state index in [1.54, 1.807) is 12.1 Å². The zero-order valence-electron chi connectivity index (χ0n) is 14.4. The van der Waals surface area contributed by atoms with Crippen molar-refractivity contribution in [1.82, 2.24) is 10.6 Å². The molecule has 0 aromatic heterocycles. The van der Waals surface area contributed by atoms with Gasteiger partial charge in [-0.05, 0) is 52.5 Å². The molecule has 1 amide bonds. The van der Waals surface area contributed by atoms with Crippen LogP contribution in [0.2, 0.25) is 0 Å². The summed E-state index contributed by atoms with van der Waals surface area (Å²) in [5.74, 6) is 0.262. The van der Waals surface area contributed by atoms with E-state index in [0.717, 1.165) is 12.8 Å². The first-order valence-corrected chi connectivity index (χ1v) is 8.23. The fraction of sp³-hybridized carbons (Fsp3) is 0.611. The molecule has 1 saturated carbocycles. The van der Waals surface area contributed by atoms with Gasteiger partial charge in [-0.25, -0.2) is 9.18 Å². The highest BCUT2D eigenvalue weighted by Gasteiger charge is 2.33. The van der Waals surface area contributed by atoms with Gasteiger partial charge in [-0.2, -0.15) is 0 Å². The number of halogens is 1. The number of alkyl carbamates (subject to hydrolysis) is 1. The molecule has 1 aromatic carbocycles. The van der Waals surface area contributed by atoms with Crippen molar-refractivity contribution in [3.63, 3.8) is 0 Å². The Balaban J connectivity index is 1.88. The molecule has 1 aliphatic carbocycles. The molecular weight excluding hydrogens is 295 g/mol. The van der Waals surface area contributed by atoms with Crippen LogP contribution in [0, 0.1) is 11.7 Å². The highest BCUT2D eigenvalue weighted by molar-refractivity contribution is 5.68. The van der Waals surface area contributed by atoms with Crippen LogP contribution >= 0.6 is 0 Å². The number of carbonyl (C=O) groups excluding carboxylic acids is 1. The third-order valence-corrected chi connectivity index (χ3v) is 3.91. The second-order valence-electron chi connectivity index (χ2n) is 7.24. The van der Waals surface area contributed by atoms with E-state index in [1.807, 2.05) is 33.8 Å². The SMILES string of the molecule is CC(NCC(NC(=O)OC(C)(C)C)C1CC1)c1ccccc1F. The summed E-state index contributed by atoms with van der Waals surface area (Å²) in [5.41, 5.74) is 0.130. The Bertz CT molecular complexity index is 538. The first-order chi connectivity index (χ1) is 10.8. The first-order valence-electron chi connectivity index (χ1n) is 8.23. The molecule has 2 unspecified atom stereocenters. The van der Waals surface area contributed by atoms with E-state index in [1.165, 1.54) is 6.07 Å². The van der Waals surface area contributed by atoms with Crippen molar-refractivity contribution in [2.75, 3.05) is 6.54 Å². The van der Waals surface area contributed by atoms with E-state index < -0.39 is 11.7 Å². The molecule has 2 rings (SSSR count). The highest BCUT2D eigenvalue weighted by Crippen LogP contribution is 2.33. The van der Waals surface area contributed by atoms with E-state index in [2.05, 4.69) is 10.6 Å². The molecule has 128 valence electrons. The average Bonchev–Trinajstić information content (AvgIpc) is 3.26. The van der Waals surface area contributed by atoms with E-state index >= 15 is 0 Å². The van der Waals surface area contributed by atoms with E-state index in [-0.39, 0.29) is 17.9 Å². The van der Waals surface area contributed by atoms with Crippen molar-refractivity contribution in [3.05, 3.63) is 35.6 Å². The predicted octanol–water partition coefficient (Wildman–Crippen LogP) is 3.78. The summed E-state index contributed by atoms with van der Waals surface area (Å²) < 4.78 is 19.1. The second kappa shape index (κ2) is 7.30. The summed E-state index contributed by atoms with van der Waals surface area (Å²) in [6, 6.07) is 6.65. The molecule has 0 radical (unpaired) electrons. The molecule has 2 N–H and O–H groups in total. The lowest BCUT2D eigenvalue weighted by molar-refractivity contribution is 0.0496. The fourth-order valence-corrected chi connectivity index (χ4v) is 2.53. The minimum Gasteiger partial charge on any atom is -0.444 e. The summed E-state index contributed by atoms with van der Waals surface area (Å²) in [7, 11) is 0. The molecule has 0 aliphatic heterocycles. The third kappa shape index (κ3) is 5.82. The third-order valence-electron chi connectivity index (χ3n) is 3.91. The van der Waals surface area contributed by atoms with Gasteiger partial charge in [0.05, 0.1) is 0 Å². The van der Waals surface area contributed by atoms with Gasteiger partial charge < -0.3 is 15.4 Å². The number of rotatable bonds is 6. The Morgan fingerprint density at radius 2 is 2.00 bits per heavy atom. The zero-order chi connectivity index (χ0) is 17.0. The molecule has 1 aromatic rings. The van der Waals surface area contributed by atoms with Gasteiger partial charge in [0.1, 0.15) is 11.4 Å². The van der Waals surface area contributed by atoms with Gasteiger partial charge in [0, 0.05) is 24.2 Å². The van der Waals surface area contributed by atoms with E-state index in [0.29, 0.717) is 18.0 Å². The summed E-state index contributed by atoms with van der Waals surface area (Å²) >= 11 is 0. The summed E-state index contributed by atoms with van der Waals surface area (Å²) in [5, 5.41) is 6.26. The van der Waals surface area contributed by atoms with E-state index in [4.69, 9.17) is 4.74 Å². The minimum absolute atomic E-state index is 0.0130. The minimum atomic E-state index is -0.508. The molecule has 0 saturated heterocycles. The van der Waals surface area contributed by atoms with Gasteiger partial charge in [0.2, 0.25) is 0 Å². The Hall–Kier alpha value is -1.62. The quantitative estimate of drug-likeness (QED) is 0.838. The first kappa shape index (κ1) is 17.7. The highest BCUT2D eigenvalue weighted by atomic mass is 19.1. The van der Waals surface area contributed by atoms with Crippen molar-refractivity contribution < 1.29 is 13.9 Å². The molecule has 23 heavy (non-hydrogen) atoms. The number of hydrogen-bond acceptors (Lipinski definition) is 3. The standard InChI is InChI=1S/C18H27FN2O2/c1-12(14-7-5-6-8-15(14)19)20-11-16(13-9-10-13)21-17(22)23-18(2,3)4/h5-8,12-13,16,20H,9-11H2,1-4H3,(H,21,22). The zero-order valence-corrected chi connectivity index (χ0v) is 14.4. The van der Waals surface area contributed by atoms with Gasteiger partial charge in [0.25, 0.3) is 0 Å². The molecule has 0 bridgehead atoms. The van der Waals surface area contributed by atoms with E-state index in [9.17, 15) is 9.18 Å². The smallest absolute Gasteiger partial charge is 0.407 e. The Kier molecular flexibility index (Phi) is 5.63. The van der Waals surface area contributed by atoms with Crippen LogP contribution in [0.4, 0.5) is 9.18 Å². The molecule has 0 spiro atoms. The normalized spacial score (nSPS) is 17.4. The number of nitrogens with one attached hydrogen (secondary N) is 2. The fourth-order valence-electron chi connectivity index (χ4n) is 2.53. The molecule has 0 heterocycles. The topological polar surface area (TPSA) is 50.4 Å². The number of carbonyl (C=O) groups is 1. The van der Waals surface area contributed by atoms with Crippen molar-refractivity contribution in [2.24, 2.45) is 5.92 Å². The van der Waals surface area contributed by atoms with Crippen LogP contribution in [-0.4, -0.2) is 24.3 Å². The van der Waals surface area contributed by atoms with Crippen molar-refractivity contribution in [3.8, 4) is 0 Å². The molecule has 2 atom stereocenters. The van der Waals surface area contributed by atoms with Gasteiger partial charge in [-0.3, -0.25) is 0 Å². The van der Waals surface area contributed by atoms with Crippen LogP contribution in [-0.2, 0) is 4.74 Å². The van der Waals surface area contributed by atoms with Crippen LogP contribution in [0.15, 0.2) is 24.3 Å². The second-order valence-corrected chi connectivity index (χ2v) is 7.24. The maximum absolute atomic E-state index is 13.8. The molecule has 5 heteroatoms. The van der Waals surface area contributed by atoms with Crippen molar-refractivity contribution >= 4 is 6.09 Å². The molecule has 1 fully saturated rings. The number of amides is 1. The lowest BCUT2D eigenvalue weighted by atomic mass is 10.1. The number of hydrogen-bond donors (Lipinski definition) is 2. The van der Waals surface area contributed by atoms with Crippen molar-refractivity contribution in [1.29, 1.82) is 0 Å². The van der Waals surface area contributed by atoms with Crippen LogP contribution in [0.3, 0.4) is 0 Å². The summed E-state index contributed by atoms with van der Waals surface area (Å²) in [4.78, 5) is 11.9. The lowest BCUT2D eigenvalue weighted by Crippen LogP contribution is -2.46. The monoisotopic (exact) mass is 322 g/mol. The van der Waals surface area contributed by atoms with Gasteiger partial charge >= 0.3 is 6.09 Å². The molecule has 1 aliphatic rings. The van der Waals surface area contributed by atoms with Gasteiger partial charge in [-0.15, -0.1) is 0 Å². The van der Waals surface area contributed by atoms with Crippen LogP contribution in [0.5, 0.6) is 0 Å². The Morgan fingerprint density at radius 1 is 1.35 bits per heavy atom. The Morgan fingerprint density at radius 3 is 2.57 bits per heavy atom. The molecular formula is C18H27FN2O2. The van der Waals surface area contributed by atoms with Crippen LogP contribution < -0.4 is 10.6 Å². The summed E-state index contributed by atoms with van der Waals surface area (Å²) in [6.45, 7) is 8.06. The number of ether oxygens (including phenoxy) is 1. The largest absolute Gasteiger partial charge is 0.444 e. The average molecular weight is 322 g/mol. The number of benzene rings is 1. The molecule has 4 nitrogen and oxygen atoms in total. The maximum Gasteiger partial charge on any atom is 0.407 e. The van der Waals surface area contributed by atoms with Gasteiger partial charge in [0.15, 0.2) is 0 Å². The van der Waals surface area contributed by atoms with Crippen molar-refractivity contribution in [2.45, 2.75) is 58.2 Å². The van der Waals surface area contributed by atoms with Gasteiger partial charge in [-0.1, -0.05) is 18.2 Å². The lowest BCUT2D eigenvalue weighted by Gasteiger charge is -2.25. The Labute approximate surface area is 137 Å². The summed E-state index contributed by atoms with van der Waals surface area (Å²) in [6.07, 6.45) is 1.82. The maximum atomic E-state index is 13.8. The van der Waals surface area contributed by atoms with Crippen LogP contribution in [0.25, 0.3) is 0 Å².